The Bertz CT molecular complexity index is 936. The molecule has 1 amide bonds. The van der Waals surface area contributed by atoms with Crippen LogP contribution in [0.3, 0.4) is 0 Å². The Morgan fingerprint density at radius 3 is 2.96 bits per heavy atom. The van der Waals surface area contributed by atoms with Crippen molar-refractivity contribution in [3.05, 3.63) is 65.9 Å². The number of benzene rings is 1. The molecular formula is C18H15N3O2S. The topological polar surface area (TPSA) is 60.1 Å². The fourth-order valence-electron chi connectivity index (χ4n) is 2.51. The lowest BCUT2D eigenvalue weighted by molar-refractivity contribution is 0.0926. The predicted molar refractivity (Wildman–Crippen MR) is 94.1 cm³/mol. The van der Waals surface area contributed by atoms with Gasteiger partial charge in [0.05, 0.1) is 11.4 Å². The molecule has 0 spiro atoms. The van der Waals surface area contributed by atoms with Gasteiger partial charge in [-0.1, -0.05) is 24.3 Å². The van der Waals surface area contributed by atoms with Gasteiger partial charge in [0.1, 0.15) is 11.3 Å². The number of thiophene rings is 1. The van der Waals surface area contributed by atoms with Crippen molar-refractivity contribution in [1.29, 1.82) is 0 Å². The van der Waals surface area contributed by atoms with E-state index >= 15 is 0 Å². The number of aromatic nitrogens is 2. The average Bonchev–Trinajstić information content (AvgIpc) is 3.33. The van der Waals surface area contributed by atoms with Gasteiger partial charge in [-0.25, -0.2) is 0 Å². The number of carbonyl (C=O) groups is 1. The fourth-order valence-corrected chi connectivity index (χ4v) is 3.20. The molecule has 3 aromatic heterocycles. The second-order valence-corrected chi connectivity index (χ2v) is 6.29. The fraction of sp³-hybridized carbons (Fsp3) is 0.111. The van der Waals surface area contributed by atoms with Crippen LogP contribution in [0.5, 0.6) is 0 Å². The molecule has 0 aliphatic carbocycles. The summed E-state index contributed by atoms with van der Waals surface area (Å²) in [6.07, 6.45) is 1.92. The number of amides is 1. The molecule has 6 heteroatoms. The van der Waals surface area contributed by atoms with Crippen molar-refractivity contribution in [2.45, 2.75) is 6.54 Å². The number of furan rings is 1. The maximum Gasteiger partial charge on any atom is 0.287 e. The molecule has 0 atom stereocenters. The maximum atomic E-state index is 12.2. The van der Waals surface area contributed by atoms with Gasteiger partial charge in [0, 0.05) is 18.1 Å². The number of nitrogens with one attached hydrogen (secondary N) is 1. The highest BCUT2D eigenvalue weighted by atomic mass is 32.1. The number of carbonyl (C=O) groups excluding carboxylic acids is 1. The third-order valence-electron chi connectivity index (χ3n) is 3.69. The SMILES string of the molecule is O=C(NCCn1ccc(-c2cccs2)n1)c1cc2ccccc2o1. The minimum absolute atomic E-state index is 0.211. The Balaban J connectivity index is 1.36. The molecule has 120 valence electrons. The van der Waals surface area contributed by atoms with Crippen LogP contribution in [0.2, 0.25) is 0 Å². The minimum Gasteiger partial charge on any atom is -0.451 e. The van der Waals surface area contributed by atoms with E-state index in [9.17, 15) is 4.79 Å². The summed E-state index contributed by atoms with van der Waals surface area (Å²) in [4.78, 5) is 13.3. The van der Waals surface area contributed by atoms with Gasteiger partial charge in [0.25, 0.3) is 5.91 Å². The number of nitrogens with zero attached hydrogens (tertiary/aromatic N) is 2. The summed E-state index contributed by atoms with van der Waals surface area (Å²) in [5.74, 6) is 0.118. The Hall–Kier alpha value is -2.86. The Morgan fingerprint density at radius 2 is 2.12 bits per heavy atom. The van der Waals surface area contributed by atoms with Crippen LogP contribution in [0.4, 0.5) is 0 Å². The first kappa shape index (κ1) is 14.7. The Morgan fingerprint density at radius 1 is 1.21 bits per heavy atom. The maximum absolute atomic E-state index is 12.2. The molecule has 0 aliphatic heterocycles. The monoisotopic (exact) mass is 337 g/mol. The van der Waals surface area contributed by atoms with Crippen molar-refractivity contribution in [1.82, 2.24) is 15.1 Å². The lowest BCUT2D eigenvalue weighted by Gasteiger charge is -2.03. The zero-order valence-electron chi connectivity index (χ0n) is 12.8. The second-order valence-electron chi connectivity index (χ2n) is 5.35. The summed E-state index contributed by atoms with van der Waals surface area (Å²) in [6, 6.07) is 15.4. The number of rotatable bonds is 5. The van der Waals surface area contributed by atoms with E-state index in [1.807, 2.05) is 58.7 Å². The molecule has 0 radical (unpaired) electrons. The van der Waals surface area contributed by atoms with Gasteiger partial charge in [-0.05, 0) is 29.6 Å². The van der Waals surface area contributed by atoms with Crippen molar-refractivity contribution >= 4 is 28.2 Å². The second kappa shape index (κ2) is 6.33. The molecule has 1 aromatic carbocycles. The van der Waals surface area contributed by atoms with Crippen molar-refractivity contribution in [3.63, 3.8) is 0 Å². The largest absolute Gasteiger partial charge is 0.451 e. The number of fused-ring (bicyclic) bond motifs is 1. The predicted octanol–water partition coefficient (Wildman–Crippen LogP) is 3.79. The highest BCUT2D eigenvalue weighted by Gasteiger charge is 2.11. The van der Waals surface area contributed by atoms with Gasteiger partial charge in [-0.15, -0.1) is 11.3 Å². The third-order valence-corrected chi connectivity index (χ3v) is 4.58. The lowest BCUT2D eigenvalue weighted by atomic mass is 10.2. The van der Waals surface area contributed by atoms with E-state index < -0.39 is 0 Å². The zero-order chi connectivity index (χ0) is 16.4. The lowest BCUT2D eigenvalue weighted by Crippen LogP contribution is -2.27. The van der Waals surface area contributed by atoms with E-state index in [4.69, 9.17) is 4.42 Å². The molecular weight excluding hydrogens is 322 g/mol. The van der Waals surface area contributed by atoms with E-state index in [2.05, 4.69) is 10.4 Å². The van der Waals surface area contributed by atoms with Crippen LogP contribution in [0.25, 0.3) is 21.5 Å². The molecule has 1 N–H and O–H groups in total. The zero-order valence-corrected chi connectivity index (χ0v) is 13.6. The molecule has 3 heterocycles. The van der Waals surface area contributed by atoms with Crippen LogP contribution in [0.1, 0.15) is 10.6 Å². The van der Waals surface area contributed by atoms with E-state index in [1.54, 1.807) is 17.4 Å². The average molecular weight is 337 g/mol. The van der Waals surface area contributed by atoms with Crippen molar-refractivity contribution in [2.75, 3.05) is 6.54 Å². The summed E-state index contributed by atoms with van der Waals surface area (Å²) in [5, 5.41) is 10.3. The third kappa shape index (κ3) is 2.96. The first-order valence-corrected chi connectivity index (χ1v) is 8.52. The summed E-state index contributed by atoms with van der Waals surface area (Å²) in [7, 11) is 0. The first-order valence-electron chi connectivity index (χ1n) is 7.64. The molecule has 24 heavy (non-hydrogen) atoms. The molecule has 0 aliphatic rings. The van der Waals surface area contributed by atoms with Gasteiger partial charge in [0.15, 0.2) is 5.76 Å². The molecule has 5 nitrogen and oxygen atoms in total. The highest BCUT2D eigenvalue weighted by molar-refractivity contribution is 7.13. The van der Waals surface area contributed by atoms with E-state index in [-0.39, 0.29) is 5.91 Å². The molecule has 0 saturated heterocycles. The number of hydrogen-bond donors (Lipinski definition) is 1. The van der Waals surface area contributed by atoms with Crippen LogP contribution < -0.4 is 5.32 Å². The molecule has 4 aromatic rings. The molecule has 0 unspecified atom stereocenters. The number of hydrogen-bond acceptors (Lipinski definition) is 4. The van der Waals surface area contributed by atoms with Crippen LogP contribution in [-0.2, 0) is 6.54 Å². The van der Waals surface area contributed by atoms with Crippen LogP contribution >= 0.6 is 11.3 Å². The van der Waals surface area contributed by atoms with Crippen molar-refractivity contribution in [3.8, 4) is 10.6 Å². The van der Waals surface area contributed by atoms with E-state index in [1.165, 1.54) is 0 Å². The van der Waals surface area contributed by atoms with Crippen LogP contribution in [0.15, 0.2) is 64.5 Å². The molecule has 0 saturated carbocycles. The normalized spacial score (nSPS) is 11.0. The van der Waals surface area contributed by atoms with E-state index in [0.717, 1.165) is 21.5 Å². The Kier molecular flexibility index (Phi) is 3.88. The van der Waals surface area contributed by atoms with Crippen LogP contribution in [-0.4, -0.2) is 22.2 Å². The van der Waals surface area contributed by atoms with Gasteiger partial charge < -0.3 is 9.73 Å². The summed E-state index contributed by atoms with van der Waals surface area (Å²) >= 11 is 1.66. The number of para-hydroxylation sites is 1. The van der Waals surface area contributed by atoms with Gasteiger partial charge >= 0.3 is 0 Å². The first-order chi connectivity index (χ1) is 11.8. The van der Waals surface area contributed by atoms with Crippen LogP contribution in [0, 0.1) is 0 Å². The quantitative estimate of drug-likeness (QED) is 0.603. The molecule has 4 rings (SSSR count). The van der Waals surface area contributed by atoms with Gasteiger partial charge in [0.2, 0.25) is 0 Å². The summed E-state index contributed by atoms with van der Waals surface area (Å²) in [6.45, 7) is 1.10. The summed E-state index contributed by atoms with van der Waals surface area (Å²) < 4.78 is 7.38. The highest BCUT2D eigenvalue weighted by Crippen LogP contribution is 2.22. The van der Waals surface area contributed by atoms with Gasteiger partial charge in [-0.2, -0.15) is 5.10 Å². The molecule has 0 bridgehead atoms. The van der Waals surface area contributed by atoms with Crippen molar-refractivity contribution < 1.29 is 9.21 Å². The van der Waals surface area contributed by atoms with Crippen molar-refractivity contribution in [2.24, 2.45) is 0 Å². The smallest absolute Gasteiger partial charge is 0.287 e. The van der Waals surface area contributed by atoms with Gasteiger partial charge in [-0.3, -0.25) is 9.48 Å². The standard InChI is InChI=1S/C18H15N3O2S/c22-18(16-12-13-4-1-2-5-15(13)23-16)19-8-10-21-9-7-14(20-21)17-6-3-11-24-17/h1-7,9,11-12H,8,10H2,(H,19,22). The Labute approximate surface area is 142 Å². The minimum atomic E-state index is -0.211. The summed E-state index contributed by atoms with van der Waals surface area (Å²) in [5.41, 5.74) is 1.67. The van der Waals surface area contributed by atoms with E-state index in [0.29, 0.717) is 18.8 Å². The molecule has 0 fully saturated rings.